The third kappa shape index (κ3) is 1.76. The minimum absolute atomic E-state index is 0.124. The van der Waals surface area contributed by atoms with Gasteiger partial charge in [-0.2, -0.15) is 0 Å². The molecule has 0 saturated carbocycles. The lowest BCUT2D eigenvalue weighted by Crippen LogP contribution is -2.33. The summed E-state index contributed by atoms with van der Waals surface area (Å²) in [5, 5.41) is 3.02. The Bertz CT molecular complexity index is 396. The molecule has 0 fully saturated rings. The minimum Gasteiger partial charge on any atom is -0.325 e. The van der Waals surface area contributed by atoms with Crippen molar-refractivity contribution < 1.29 is 4.79 Å². The van der Waals surface area contributed by atoms with Gasteiger partial charge < -0.3 is 5.32 Å². The Morgan fingerprint density at radius 1 is 1.40 bits per heavy atom. The Morgan fingerprint density at radius 3 is 2.80 bits per heavy atom. The first kappa shape index (κ1) is 10.2. The number of carbonyl (C=O) groups excluding carboxylic acids is 1. The molecular weight excluding hydrogens is 186 g/mol. The van der Waals surface area contributed by atoms with E-state index in [1.54, 1.807) is 0 Å². The molecule has 80 valence electrons. The zero-order valence-corrected chi connectivity index (χ0v) is 9.50. The van der Waals surface area contributed by atoms with Gasteiger partial charge in [0.2, 0.25) is 5.91 Å². The van der Waals surface area contributed by atoms with Crippen molar-refractivity contribution >= 4 is 11.6 Å². The van der Waals surface area contributed by atoms with E-state index in [2.05, 4.69) is 31.3 Å². The highest BCUT2D eigenvalue weighted by Gasteiger charge is 2.28. The van der Waals surface area contributed by atoms with Crippen molar-refractivity contribution in [3.8, 4) is 0 Å². The number of anilines is 1. The van der Waals surface area contributed by atoms with E-state index in [9.17, 15) is 4.79 Å². The molecule has 1 unspecified atom stereocenters. The average Bonchev–Trinajstić information content (AvgIpc) is 2.18. The lowest BCUT2D eigenvalue weighted by Gasteiger charge is -2.28. The molecule has 0 radical (unpaired) electrons. The monoisotopic (exact) mass is 203 g/mol. The fourth-order valence-corrected chi connectivity index (χ4v) is 2.16. The van der Waals surface area contributed by atoms with E-state index >= 15 is 0 Å². The van der Waals surface area contributed by atoms with Gasteiger partial charge in [0.15, 0.2) is 0 Å². The maximum Gasteiger partial charge on any atom is 0.228 e. The second kappa shape index (κ2) is 3.69. The molecule has 1 amide bonds. The number of rotatable bonds is 1. The molecular formula is C13H17NO. The van der Waals surface area contributed by atoms with Gasteiger partial charge in [0.25, 0.3) is 0 Å². The van der Waals surface area contributed by atoms with Gasteiger partial charge >= 0.3 is 0 Å². The number of hydrogen-bond donors (Lipinski definition) is 1. The molecule has 1 N–H and O–H groups in total. The van der Waals surface area contributed by atoms with Gasteiger partial charge in [0.1, 0.15) is 0 Å². The number of para-hydroxylation sites is 1. The molecule has 0 aromatic heterocycles. The maximum atomic E-state index is 11.8. The quantitative estimate of drug-likeness (QED) is 0.747. The first-order chi connectivity index (χ1) is 7.09. The van der Waals surface area contributed by atoms with Crippen LogP contribution in [0, 0.1) is 18.8 Å². The Hall–Kier alpha value is -1.31. The van der Waals surface area contributed by atoms with Crippen molar-refractivity contribution in [1.82, 2.24) is 0 Å². The number of fused-ring (bicyclic) bond motifs is 1. The molecule has 2 heteroatoms. The standard InChI is InChI=1S/C13H17NO/c1-8(2)11-7-10-6-4-5-9(3)12(10)14-13(11)15/h4-6,8,11H,7H2,1-3H3,(H,14,15). The molecule has 1 aromatic rings. The fraction of sp³-hybridized carbons (Fsp3) is 0.462. The highest BCUT2D eigenvalue weighted by Crippen LogP contribution is 2.31. The van der Waals surface area contributed by atoms with Crippen molar-refractivity contribution in [1.29, 1.82) is 0 Å². The van der Waals surface area contributed by atoms with E-state index in [1.807, 2.05) is 13.0 Å². The van der Waals surface area contributed by atoms with Crippen LogP contribution in [0.4, 0.5) is 5.69 Å². The predicted octanol–water partition coefficient (Wildman–Crippen LogP) is 2.76. The molecule has 15 heavy (non-hydrogen) atoms. The Labute approximate surface area is 90.7 Å². The SMILES string of the molecule is Cc1cccc2c1NC(=O)C(C(C)C)C2. The number of hydrogen-bond acceptors (Lipinski definition) is 1. The third-order valence-corrected chi connectivity index (χ3v) is 3.19. The van der Waals surface area contributed by atoms with Crippen LogP contribution in [0.3, 0.4) is 0 Å². The van der Waals surface area contributed by atoms with Gasteiger partial charge in [-0.15, -0.1) is 0 Å². The van der Waals surface area contributed by atoms with E-state index in [4.69, 9.17) is 0 Å². The molecule has 1 aliphatic heterocycles. The summed E-state index contributed by atoms with van der Waals surface area (Å²) in [6, 6.07) is 6.20. The van der Waals surface area contributed by atoms with Crippen LogP contribution in [0.1, 0.15) is 25.0 Å². The molecule has 0 aliphatic carbocycles. The van der Waals surface area contributed by atoms with Gasteiger partial charge in [-0.25, -0.2) is 0 Å². The van der Waals surface area contributed by atoms with Crippen LogP contribution in [0.5, 0.6) is 0 Å². The summed E-state index contributed by atoms with van der Waals surface area (Å²) in [5.41, 5.74) is 3.45. The molecule has 2 nitrogen and oxygen atoms in total. The second-order valence-corrected chi connectivity index (χ2v) is 4.65. The van der Waals surface area contributed by atoms with Gasteiger partial charge in [-0.3, -0.25) is 4.79 Å². The maximum absolute atomic E-state index is 11.8. The smallest absolute Gasteiger partial charge is 0.228 e. The third-order valence-electron chi connectivity index (χ3n) is 3.19. The first-order valence-electron chi connectivity index (χ1n) is 5.49. The summed E-state index contributed by atoms with van der Waals surface area (Å²) in [4.78, 5) is 11.8. The van der Waals surface area contributed by atoms with E-state index in [-0.39, 0.29) is 11.8 Å². The van der Waals surface area contributed by atoms with Gasteiger partial charge in [-0.05, 0) is 30.4 Å². The molecule has 1 aliphatic rings. The molecule has 1 heterocycles. The van der Waals surface area contributed by atoms with Crippen LogP contribution in [0.15, 0.2) is 18.2 Å². The zero-order chi connectivity index (χ0) is 11.0. The average molecular weight is 203 g/mol. The Kier molecular flexibility index (Phi) is 2.51. The molecule has 0 saturated heterocycles. The summed E-state index contributed by atoms with van der Waals surface area (Å²) in [5.74, 6) is 0.699. The van der Waals surface area contributed by atoms with Crippen LogP contribution in [-0.2, 0) is 11.2 Å². The fourth-order valence-electron chi connectivity index (χ4n) is 2.16. The zero-order valence-electron chi connectivity index (χ0n) is 9.50. The highest BCUT2D eigenvalue weighted by molar-refractivity contribution is 5.96. The summed E-state index contributed by atoms with van der Waals surface area (Å²) in [6.07, 6.45) is 0.876. The second-order valence-electron chi connectivity index (χ2n) is 4.65. The van der Waals surface area contributed by atoms with E-state index in [0.29, 0.717) is 5.92 Å². The van der Waals surface area contributed by atoms with Crippen molar-refractivity contribution in [2.45, 2.75) is 27.2 Å². The van der Waals surface area contributed by atoms with E-state index in [1.165, 1.54) is 5.56 Å². The topological polar surface area (TPSA) is 29.1 Å². The van der Waals surface area contributed by atoms with E-state index < -0.39 is 0 Å². The molecule has 0 bridgehead atoms. The Morgan fingerprint density at radius 2 is 2.13 bits per heavy atom. The predicted molar refractivity (Wildman–Crippen MR) is 61.8 cm³/mol. The highest BCUT2D eigenvalue weighted by atomic mass is 16.1. The largest absolute Gasteiger partial charge is 0.325 e. The van der Waals surface area contributed by atoms with Crippen LogP contribution in [0.2, 0.25) is 0 Å². The summed E-state index contributed by atoms with van der Waals surface area (Å²) >= 11 is 0. The summed E-state index contributed by atoms with van der Waals surface area (Å²) in [7, 11) is 0. The van der Waals surface area contributed by atoms with Crippen molar-refractivity contribution in [2.75, 3.05) is 5.32 Å². The van der Waals surface area contributed by atoms with Crippen LogP contribution < -0.4 is 5.32 Å². The van der Waals surface area contributed by atoms with Gasteiger partial charge in [0.05, 0.1) is 0 Å². The van der Waals surface area contributed by atoms with Crippen molar-refractivity contribution in [3.05, 3.63) is 29.3 Å². The number of amides is 1. The number of aryl methyl sites for hydroxylation is 1. The number of benzene rings is 1. The minimum atomic E-state index is 0.124. The molecule has 0 spiro atoms. The lowest BCUT2D eigenvalue weighted by molar-refractivity contribution is -0.121. The van der Waals surface area contributed by atoms with Crippen LogP contribution in [0.25, 0.3) is 0 Å². The normalized spacial score (nSPS) is 20.0. The van der Waals surface area contributed by atoms with Gasteiger partial charge in [-0.1, -0.05) is 32.0 Å². The van der Waals surface area contributed by atoms with Gasteiger partial charge in [0, 0.05) is 11.6 Å². The van der Waals surface area contributed by atoms with E-state index in [0.717, 1.165) is 17.7 Å². The van der Waals surface area contributed by atoms with Crippen molar-refractivity contribution in [3.63, 3.8) is 0 Å². The lowest BCUT2D eigenvalue weighted by atomic mass is 9.84. The molecule has 2 rings (SSSR count). The summed E-state index contributed by atoms with van der Waals surface area (Å²) < 4.78 is 0. The van der Waals surface area contributed by atoms with Crippen LogP contribution >= 0.6 is 0 Å². The molecule has 1 atom stereocenters. The Balaban J connectivity index is 2.38. The number of carbonyl (C=O) groups is 1. The van der Waals surface area contributed by atoms with Crippen LogP contribution in [-0.4, -0.2) is 5.91 Å². The summed E-state index contributed by atoms with van der Waals surface area (Å²) in [6.45, 7) is 6.24. The van der Waals surface area contributed by atoms with Crippen molar-refractivity contribution in [2.24, 2.45) is 11.8 Å². The molecule has 1 aromatic carbocycles. The number of nitrogens with one attached hydrogen (secondary N) is 1. The first-order valence-corrected chi connectivity index (χ1v) is 5.49.